The van der Waals surface area contributed by atoms with Gasteiger partial charge in [0.25, 0.3) is 0 Å². The second-order valence-corrected chi connectivity index (χ2v) is 1.59. The third kappa shape index (κ3) is 12.0. The molecule has 0 radical (unpaired) electrons. The molecule has 0 aromatic rings. The van der Waals surface area contributed by atoms with Crippen molar-refractivity contribution in [1.29, 1.82) is 0 Å². The summed E-state index contributed by atoms with van der Waals surface area (Å²) in [5, 5.41) is 7.80. The molecule has 0 saturated carbocycles. The fourth-order valence-electron chi connectivity index (χ4n) is 0.108. The third-order valence-corrected chi connectivity index (χ3v) is 0.645. The molecule has 7 heteroatoms. The zero-order valence-corrected chi connectivity index (χ0v) is 4.55. The summed E-state index contributed by atoms with van der Waals surface area (Å²) in [5.74, 6) is -1.26. The van der Waals surface area contributed by atoms with Crippen LogP contribution in [0.5, 0.6) is 0 Å². The van der Waals surface area contributed by atoms with Crippen molar-refractivity contribution in [2.75, 3.05) is 6.54 Å². The normalized spacial score (nSPS) is 7.11. The van der Waals surface area contributed by atoms with Gasteiger partial charge in [-0.25, -0.2) is 0 Å². The van der Waals surface area contributed by atoms with E-state index in [1.54, 1.807) is 0 Å². The molecule has 0 amide bonds. The first-order valence-corrected chi connectivity index (χ1v) is 2.65. The number of hydrogen-bond acceptors (Lipinski definition) is 4. The molecule has 0 rings (SSSR count). The van der Waals surface area contributed by atoms with Crippen LogP contribution in [0.1, 0.15) is 0 Å². The predicted octanol–water partition coefficient (Wildman–Crippen LogP) is -1.51. The van der Waals surface area contributed by atoms with Gasteiger partial charge in [0.2, 0.25) is 0 Å². The molecule has 0 heterocycles. The molecule has 0 fully saturated rings. The van der Waals surface area contributed by atoms with Gasteiger partial charge in [0.1, 0.15) is 0 Å². The standard InChI is InChI=1S/C2H3NO4S.K.H/c4-2(5)1-3-8(6)7;;/h1H2,(H,4,5);;. The zero-order valence-electron chi connectivity index (χ0n) is 3.73. The fourth-order valence-corrected chi connectivity index (χ4v) is 0.324. The molecule has 0 bridgehead atoms. The molecule has 0 unspecified atom stereocenters. The Balaban J connectivity index is 0. The van der Waals surface area contributed by atoms with Crippen molar-refractivity contribution in [3.63, 3.8) is 0 Å². The molecular weight excluding hydrogens is 173 g/mol. The minimum absolute atomic E-state index is 0. The summed E-state index contributed by atoms with van der Waals surface area (Å²) in [4.78, 5) is 9.54. The molecule has 0 atom stereocenters. The molecule has 0 spiro atoms. The first-order valence-electron chi connectivity index (χ1n) is 1.61. The van der Waals surface area contributed by atoms with Gasteiger partial charge in [-0.2, -0.15) is 12.8 Å². The molecule has 0 aromatic heterocycles. The number of rotatable bonds is 2. The van der Waals surface area contributed by atoms with Crippen LogP contribution >= 0.6 is 0 Å². The quantitative estimate of drug-likeness (QED) is 0.519. The van der Waals surface area contributed by atoms with Crippen LogP contribution in [0.2, 0.25) is 0 Å². The van der Waals surface area contributed by atoms with E-state index in [0.717, 1.165) is 0 Å². The first kappa shape index (κ1) is 12.4. The minimum atomic E-state index is -2.59. The van der Waals surface area contributed by atoms with Crippen LogP contribution in [-0.2, 0) is 15.3 Å². The van der Waals surface area contributed by atoms with Gasteiger partial charge >= 0.3 is 67.9 Å². The van der Waals surface area contributed by atoms with Gasteiger partial charge in [0.15, 0.2) is 6.54 Å². The molecule has 5 nitrogen and oxygen atoms in total. The van der Waals surface area contributed by atoms with Crippen molar-refractivity contribution in [1.82, 2.24) is 0 Å². The van der Waals surface area contributed by atoms with E-state index in [-0.39, 0.29) is 51.4 Å². The molecule has 1 N–H and O–H groups in total. The van der Waals surface area contributed by atoms with Crippen LogP contribution in [0.25, 0.3) is 0 Å². The van der Waals surface area contributed by atoms with Gasteiger partial charge in [0.05, 0.1) is 0 Å². The monoisotopic (exact) mass is 177 g/mol. The Morgan fingerprint density at radius 1 is 1.56 bits per heavy atom. The number of hydrogen-bond donors (Lipinski definition) is 1. The third-order valence-electron chi connectivity index (χ3n) is 0.305. The van der Waals surface area contributed by atoms with Crippen molar-refractivity contribution in [2.45, 2.75) is 0 Å². The molecular formula is C2H4KNO4S. The Bertz CT molecular complexity index is 199. The van der Waals surface area contributed by atoms with Gasteiger partial charge in [-0.15, -0.1) is 0 Å². The molecule has 0 aliphatic carbocycles. The maximum atomic E-state index is 9.54. The van der Waals surface area contributed by atoms with E-state index in [2.05, 4.69) is 4.36 Å². The summed E-state index contributed by atoms with van der Waals surface area (Å²) in [7, 11) is -2.59. The zero-order chi connectivity index (χ0) is 6.57. The maximum absolute atomic E-state index is 9.54. The first-order chi connectivity index (χ1) is 3.63. The number of carboxylic acids is 1. The number of carbonyl (C=O) groups is 1. The van der Waals surface area contributed by atoms with Crippen LogP contribution in [-0.4, -0.2) is 77.4 Å². The van der Waals surface area contributed by atoms with Gasteiger partial charge < -0.3 is 5.11 Å². The van der Waals surface area contributed by atoms with Gasteiger partial charge in [0, 0.05) is 0 Å². The molecule has 0 saturated heterocycles. The van der Waals surface area contributed by atoms with Gasteiger partial charge in [-0.3, -0.25) is 4.79 Å². The number of aliphatic carboxylic acids is 1. The summed E-state index contributed by atoms with van der Waals surface area (Å²) in [5.41, 5.74) is 0. The van der Waals surface area contributed by atoms with Crippen LogP contribution < -0.4 is 0 Å². The SMILES string of the molecule is O=C(O)CN=S(=O)=O.[KH]. The predicted molar refractivity (Wildman–Crippen MR) is 31.0 cm³/mol. The number of carboxylic acid groups (broad SMARTS) is 1. The molecule has 0 aliphatic rings. The van der Waals surface area contributed by atoms with Gasteiger partial charge in [-0.1, -0.05) is 0 Å². The Morgan fingerprint density at radius 2 is 2.00 bits per heavy atom. The Hall–Kier alpha value is 0.726. The Kier molecular flexibility index (Phi) is 9.43. The average molecular weight is 177 g/mol. The van der Waals surface area contributed by atoms with Crippen molar-refractivity contribution < 1.29 is 18.3 Å². The molecule has 0 aliphatic heterocycles. The van der Waals surface area contributed by atoms with E-state index in [1.807, 2.05) is 0 Å². The summed E-state index contributed by atoms with van der Waals surface area (Å²) < 4.78 is 21.6. The van der Waals surface area contributed by atoms with Crippen LogP contribution in [0.3, 0.4) is 0 Å². The summed E-state index contributed by atoms with van der Waals surface area (Å²) in [6, 6.07) is 0. The van der Waals surface area contributed by atoms with Crippen LogP contribution in [0, 0.1) is 0 Å². The second kappa shape index (κ2) is 6.84. The molecule has 0 aromatic carbocycles. The van der Waals surface area contributed by atoms with Crippen molar-refractivity contribution >= 4 is 67.9 Å². The second-order valence-electron chi connectivity index (χ2n) is 0.898. The summed E-state index contributed by atoms with van der Waals surface area (Å²) in [6.07, 6.45) is 0. The van der Waals surface area contributed by atoms with Crippen molar-refractivity contribution in [2.24, 2.45) is 4.36 Å². The molecule has 9 heavy (non-hydrogen) atoms. The number of nitrogens with zero attached hydrogens (tertiary/aromatic N) is 1. The average Bonchev–Trinajstić information content (AvgIpc) is 1.61. The van der Waals surface area contributed by atoms with Crippen LogP contribution in [0.4, 0.5) is 0 Å². The van der Waals surface area contributed by atoms with Crippen molar-refractivity contribution in [3.8, 4) is 0 Å². The van der Waals surface area contributed by atoms with E-state index in [4.69, 9.17) is 5.11 Å². The van der Waals surface area contributed by atoms with E-state index in [0.29, 0.717) is 0 Å². The summed E-state index contributed by atoms with van der Waals surface area (Å²) >= 11 is 0. The molecule has 48 valence electrons. The van der Waals surface area contributed by atoms with E-state index >= 15 is 0 Å². The van der Waals surface area contributed by atoms with E-state index < -0.39 is 23.0 Å². The van der Waals surface area contributed by atoms with Gasteiger partial charge in [-0.05, 0) is 0 Å². The summed E-state index contributed by atoms with van der Waals surface area (Å²) in [6.45, 7) is -0.684. The fraction of sp³-hybridized carbons (Fsp3) is 0.500. The topological polar surface area (TPSA) is 83.8 Å². The Labute approximate surface area is 95.6 Å². The van der Waals surface area contributed by atoms with E-state index in [1.165, 1.54) is 0 Å². The van der Waals surface area contributed by atoms with E-state index in [9.17, 15) is 13.2 Å². The van der Waals surface area contributed by atoms with Crippen LogP contribution in [0.15, 0.2) is 4.36 Å². The Morgan fingerprint density at radius 3 is 2.11 bits per heavy atom. The van der Waals surface area contributed by atoms with Crippen molar-refractivity contribution in [3.05, 3.63) is 0 Å².